The van der Waals surface area contributed by atoms with Gasteiger partial charge in [0.15, 0.2) is 0 Å². The predicted molar refractivity (Wildman–Crippen MR) is 129 cm³/mol. The summed E-state index contributed by atoms with van der Waals surface area (Å²) in [5.41, 5.74) is 6.26. The summed E-state index contributed by atoms with van der Waals surface area (Å²) in [6.07, 6.45) is 0.834. The van der Waals surface area contributed by atoms with Gasteiger partial charge in [-0.25, -0.2) is 0 Å². The van der Waals surface area contributed by atoms with Crippen molar-refractivity contribution in [1.82, 2.24) is 0 Å². The zero-order valence-corrected chi connectivity index (χ0v) is 18.4. The molecule has 4 aromatic carbocycles. The summed E-state index contributed by atoms with van der Waals surface area (Å²) in [5.74, 6) is 1.88. The van der Waals surface area contributed by atoms with Crippen LogP contribution >= 0.6 is 0 Å². The van der Waals surface area contributed by atoms with Crippen molar-refractivity contribution in [3.8, 4) is 33.8 Å². The number of hydrogen-bond donors (Lipinski definition) is 0. The molecule has 0 amide bonds. The highest BCUT2D eigenvalue weighted by atomic mass is 16.5. The van der Waals surface area contributed by atoms with Crippen molar-refractivity contribution >= 4 is 5.78 Å². The fraction of sp³-hybridized carbons (Fsp3) is 0.138. The first kappa shape index (κ1) is 21.4. The summed E-state index contributed by atoms with van der Waals surface area (Å²) in [7, 11) is 3.35. The van der Waals surface area contributed by atoms with Crippen LogP contribution in [0.4, 0.5) is 0 Å². The van der Waals surface area contributed by atoms with Crippen LogP contribution in [0.2, 0.25) is 0 Å². The van der Waals surface area contributed by atoms with Crippen LogP contribution in [0.25, 0.3) is 22.3 Å². The Morgan fingerprint density at radius 2 is 0.938 bits per heavy atom. The molecule has 0 fully saturated rings. The Bertz CT molecular complexity index is 1100. The van der Waals surface area contributed by atoms with Crippen LogP contribution in [0.5, 0.6) is 11.5 Å². The maximum atomic E-state index is 12.7. The second kappa shape index (κ2) is 9.97. The van der Waals surface area contributed by atoms with Gasteiger partial charge in [0.05, 0.1) is 14.2 Å². The van der Waals surface area contributed by atoms with Crippen molar-refractivity contribution in [2.24, 2.45) is 0 Å². The van der Waals surface area contributed by atoms with Crippen molar-refractivity contribution in [2.45, 2.75) is 12.8 Å². The number of methoxy groups -OCH3 is 2. The fourth-order valence-electron chi connectivity index (χ4n) is 3.89. The van der Waals surface area contributed by atoms with E-state index in [2.05, 4.69) is 0 Å². The Morgan fingerprint density at radius 1 is 0.562 bits per heavy atom. The largest absolute Gasteiger partial charge is 0.496 e. The first-order chi connectivity index (χ1) is 15.7. The van der Waals surface area contributed by atoms with Gasteiger partial charge in [-0.15, -0.1) is 0 Å². The van der Waals surface area contributed by atoms with Gasteiger partial charge in [-0.2, -0.15) is 0 Å². The van der Waals surface area contributed by atoms with E-state index >= 15 is 0 Å². The average molecular weight is 423 g/mol. The van der Waals surface area contributed by atoms with E-state index in [0.717, 1.165) is 44.9 Å². The van der Waals surface area contributed by atoms with Crippen LogP contribution in [0.15, 0.2) is 97.1 Å². The second-order valence-electron chi connectivity index (χ2n) is 7.69. The fourth-order valence-corrected chi connectivity index (χ4v) is 3.89. The lowest BCUT2D eigenvalue weighted by molar-refractivity contribution is -0.117. The Hall–Kier alpha value is -3.85. The third-order valence-corrected chi connectivity index (χ3v) is 5.55. The minimum absolute atomic E-state index is 0.195. The van der Waals surface area contributed by atoms with Crippen LogP contribution in [0.3, 0.4) is 0 Å². The van der Waals surface area contributed by atoms with Gasteiger partial charge in [-0.05, 0) is 34.4 Å². The van der Waals surface area contributed by atoms with Gasteiger partial charge in [0, 0.05) is 24.0 Å². The maximum absolute atomic E-state index is 12.7. The summed E-state index contributed by atoms with van der Waals surface area (Å²) in [6, 6.07) is 32.1. The average Bonchev–Trinajstić information content (AvgIpc) is 2.85. The highest BCUT2D eigenvalue weighted by molar-refractivity contribution is 5.83. The van der Waals surface area contributed by atoms with E-state index < -0.39 is 0 Å². The number of Topliss-reactive ketones (excluding diaryl/α,β-unsaturated/α-hetero) is 1. The third kappa shape index (κ3) is 4.89. The van der Waals surface area contributed by atoms with Gasteiger partial charge < -0.3 is 9.47 Å². The molecule has 0 aliphatic rings. The Labute approximate surface area is 189 Å². The van der Waals surface area contributed by atoms with E-state index in [1.165, 1.54) is 0 Å². The smallest absolute Gasteiger partial charge is 0.141 e. The molecule has 0 spiro atoms. The predicted octanol–water partition coefficient (Wildman–Crippen LogP) is 6.39. The zero-order chi connectivity index (χ0) is 22.3. The van der Waals surface area contributed by atoms with Crippen LogP contribution in [0.1, 0.15) is 11.1 Å². The van der Waals surface area contributed by atoms with E-state index in [-0.39, 0.29) is 5.78 Å². The summed E-state index contributed by atoms with van der Waals surface area (Å²) in [5, 5.41) is 0. The molecule has 0 heterocycles. The monoisotopic (exact) mass is 422 g/mol. The van der Waals surface area contributed by atoms with Gasteiger partial charge in [-0.1, -0.05) is 84.9 Å². The molecule has 0 atom stereocenters. The van der Waals surface area contributed by atoms with Crippen LogP contribution < -0.4 is 9.47 Å². The number of rotatable bonds is 8. The molecule has 0 unspecified atom stereocenters. The number of hydrogen-bond acceptors (Lipinski definition) is 3. The molecule has 0 saturated heterocycles. The molecule has 0 aromatic heterocycles. The summed E-state index contributed by atoms with van der Waals surface area (Å²) < 4.78 is 10.9. The topological polar surface area (TPSA) is 35.5 Å². The quantitative estimate of drug-likeness (QED) is 0.330. The number of para-hydroxylation sites is 2. The lowest BCUT2D eigenvalue weighted by Gasteiger charge is -2.10. The lowest BCUT2D eigenvalue weighted by Crippen LogP contribution is -2.06. The first-order valence-corrected chi connectivity index (χ1v) is 10.6. The van der Waals surface area contributed by atoms with Gasteiger partial charge in [-0.3, -0.25) is 4.79 Å². The molecule has 0 radical (unpaired) electrons. The first-order valence-electron chi connectivity index (χ1n) is 10.6. The molecule has 0 saturated carbocycles. The van der Waals surface area contributed by atoms with Crippen LogP contribution in [0, 0.1) is 0 Å². The van der Waals surface area contributed by atoms with Crippen LogP contribution in [-0.4, -0.2) is 20.0 Å². The lowest BCUT2D eigenvalue weighted by atomic mass is 9.98. The zero-order valence-electron chi connectivity index (χ0n) is 18.4. The Kier molecular flexibility index (Phi) is 6.66. The molecule has 160 valence electrons. The molecule has 3 nitrogen and oxygen atoms in total. The minimum Gasteiger partial charge on any atom is -0.496 e. The molecule has 0 aliphatic heterocycles. The van der Waals surface area contributed by atoms with Gasteiger partial charge in [0.2, 0.25) is 0 Å². The normalized spacial score (nSPS) is 10.6. The molecule has 0 aliphatic carbocycles. The summed E-state index contributed by atoms with van der Waals surface area (Å²) in [4.78, 5) is 12.7. The van der Waals surface area contributed by atoms with Gasteiger partial charge in [0.1, 0.15) is 17.3 Å². The molecule has 4 rings (SSSR count). The maximum Gasteiger partial charge on any atom is 0.141 e. The van der Waals surface area contributed by atoms with Gasteiger partial charge >= 0.3 is 0 Å². The standard InChI is InChI=1S/C29H26O3/c1-31-28-9-5-3-7-26(28)23-15-11-21(12-16-23)19-25(30)20-22-13-17-24(18-14-22)27-8-4-6-10-29(27)32-2/h3-18H,19-20H2,1-2H3. The molecule has 0 bridgehead atoms. The van der Waals surface area contributed by atoms with Gasteiger partial charge in [0.25, 0.3) is 0 Å². The summed E-state index contributed by atoms with van der Waals surface area (Å²) >= 11 is 0. The highest BCUT2D eigenvalue weighted by Crippen LogP contribution is 2.31. The SMILES string of the molecule is COc1ccccc1-c1ccc(CC(=O)Cc2ccc(-c3ccccc3OC)cc2)cc1. The minimum atomic E-state index is 0.195. The number of ketones is 1. The van der Waals surface area contributed by atoms with Crippen molar-refractivity contribution in [3.05, 3.63) is 108 Å². The third-order valence-electron chi connectivity index (χ3n) is 5.55. The van der Waals surface area contributed by atoms with Crippen LogP contribution in [-0.2, 0) is 17.6 Å². The summed E-state index contributed by atoms with van der Waals surface area (Å²) in [6.45, 7) is 0. The van der Waals surface area contributed by atoms with Crippen molar-refractivity contribution in [2.75, 3.05) is 14.2 Å². The van der Waals surface area contributed by atoms with E-state index in [4.69, 9.17) is 9.47 Å². The molecule has 0 N–H and O–H groups in total. The number of carbonyl (C=O) groups excluding carboxylic acids is 1. The molecule has 3 heteroatoms. The molecular formula is C29H26O3. The van der Waals surface area contributed by atoms with E-state index in [1.807, 2.05) is 97.1 Å². The number of carbonyl (C=O) groups is 1. The van der Waals surface area contributed by atoms with Crippen molar-refractivity contribution < 1.29 is 14.3 Å². The molecular weight excluding hydrogens is 396 g/mol. The number of benzene rings is 4. The van der Waals surface area contributed by atoms with Crippen molar-refractivity contribution in [3.63, 3.8) is 0 Å². The van der Waals surface area contributed by atoms with Crippen molar-refractivity contribution in [1.29, 1.82) is 0 Å². The molecule has 4 aromatic rings. The van der Waals surface area contributed by atoms with E-state index in [1.54, 1.807) is 14.2 Å². The number of ether oxygens (including phenoxy) is 2. The molecule has 32 heavy (non-hydrogen) atoms. The second-order valence-corrected chi connectivity index (χ2v) is 7.69. The highest BCUT2D eigenvalue weighted by Gasteiger charge is 2.09. The van der Waals surface area contributed by atoms with E-state index in [9.17, 15) is 4.79 Å². The Balaban J connectivity index is 1.40. The van der Waals surface area contributed by atoms with E-state index in [0.29, 0.717) is 12.8 Å². The Morgan fingerprint density at radius 3 is 1.31 bits per heavy atom.